The third-order valence-corrected chi connectivity index (χ3v) is 5.44. The molecule has 136 valence electrons. The van der Waals surface area contributed by atoms with Gasteiger partial charge in [0.2, 0.25) is 0 Å². The van der Waals surface area contributed by atoms with Gasteiger partial charge in [-0.1, -0.05) is 18.5 Å². The van der Waals surface area contributed by atoms with E-state index >= 15 is 0 Å². The number of anilines is 1. The summed E-state index contributed by atoms with van der Waals surface area (Å²) >= 11 is 6.14. The molecule has 1 N–H and O–H groups in total. The standard InChI is InChI=1S/C18H19ClFN5O/c1-9-3-11-5-12(4-9)25(11)18(26)22-16-6-13(14(19)7-15(16)20)17-21-8-10(2)23-24-17/h6-9,11-12H,3-5H2,1-2H3,(H,22,26)/t9-,11-,12+. The highest BCUT2D eigenvalue weighted by molar-refractivity contribution is 6.33. The van der Waals surface area contributed by atoms with Gasteiger partial charge < -0.3 is 10.2 Å². The van der Waals surface area contributed by atoms with E-state index in [0.717, 1.165) is 25.3 Å². The molecule has 2 aromatic rings. The zero-order chi connectivity index (χ0) is 18.4. The highest BCUT2D eigenvalue weighted by Crippen LogP contribution is 2.41. The van der Waals surface area contributed by atoms with Gasteiger partial charge in [0.15, 0.2) is 5.82 Å². The van der Waals surface area contributed by atoms with E-state index in [-0.39, 0.29) is 34.6 Å². The average Bonchev–Trinajstić information content (AvgIpc) is 2.58. The molecule has 0 spiro atoms. The van der Waals surface area contributed by atoms with Crippen LogP contribution < -0.4 is 5.32 Å². The van der Waals surface area contributed by atoms with Crippen molar-refractivity contribution in [3.8, 4) is 11.4 Å². The molecule has 0 aliphatic carbocycles. The number of carbonyl (C=O) groups excluding carboxylic acids is 1. The summed E-state index contributed by atoms with van der Waals surface area (Å²) in [5.74, 6) is 0.324. The van der Waals surface area contributed by atoms with Gasteiger partial charge in [-0.3, -0.25) is 0 Å². The van der Waals surface area contributed by atoms with Gasteiger partial charge >= 0.3 is 6.03 Å². The molecular weight excluding hydrogens is 357 g/mol. The largest absolute Gasteiger partial charge is 0.322 e. The van der Waals surface area contributed by atoms with Gasteiger partial charge in [-0.25, -0.2) is 14.2 Å². The Hall–Kier alpha value is -2.28. The van der Waals surface area contributed by atoms with E-state index in [9.17, 15) is 9.18 Å². The summed E-state index contributed by atoms with van der Waals surface area (Å²) in [6.07, 6.45) is 4.60. The number of hydrogen-bond donors (Lipinski definition) is 1. The van der Waals surface area contributed by atoms with E-state index in [1.54, 1.807) is 13.1 Å². The number of rotatable bonds is 2. The summed E-state index contributed by atoms with van der Waals surface area (Å²) in [4.78, 5) is 18.6. The fourth-order valence-corrected chi connectivity index (χ4v) is 4.16. The van der Waals surface area contributed by atoms with Crippen LogP contribution in [0, 0.1) is 18.7 Å². The Morgan fingerprint density at radius 1 is 1.27 bits per heavy atom. The monoisotopic (exact) mass is 375 g/mol. The summed E-state index contributed by atoms with van der Waals surface area (Å²) in [5, 5.41) is 10.8. The summed E-state index contributed by atoms with van der Waals surface area (Å²) in [6.45, 7) is 3.97. The number of piperidine rings is 1. The van der Waals surface area contributed by atoms with Gasteiger partial charge in [0.25, 0.3) is 0 Å². The Labute approximate surface area is 155 Å². The molecule has 2 bridgehead atoms. The first kappa shape index (κ1) is 17.1. The van der Waals surface area contributed by atoms with Crippen LogP contribution in [0.3, 0.4) is 0 Å². The minimum Gasteiger partial charge on any atom is -0.318 e. The molecule has 3 atom stereocenters. The van der Waals surface area contributed by atoms with Gasteiger partial charge in [0, 0.05) is 17.6 Å². The molecule has 26 heavy (non-hydrogen) atoms. The number of amides is 2. The highest BCUT2D eigenvalue weighted by atomic mass is 35.5. The Kier molecular flexibility index (Phi) is 4.26. The predicted molar refractivity (Wildman–Crippen MR) is 96.4 cm³/mol. The molecule has 2 aliphatic rings. The zero-order valence-corrected chi connectivity index (χ0v) is 15.3. The molecule has 0 radical (unpaired) electrons. The van der Waals surface area contributed by atoms with E-state index in [4.69, 9.17) is 11.6 Å². The predicted octanol–water partition coefficient (Wildman–Crippen LogP) is 4.04. The lowest BCUT2D eigenvalue weighted by atomic mass is 9.74. The second-order valence-electron chi connectivity index (χ2n) is 7.19. The van der Waals surface area contributed by atoms with Crippen molar-refractivity contribution in [2.75, 3.05) is 5.32 Å². The Morgan fingerprint density at radius 2 is 2.00 bits per heavy atom. The first-order valence-corrected chi connectivity index (χ1v) is 9.05. The van der Waals surface area contributed by atoms with Crippen molar-refractivity contribution in [2.45, 2.75) is 45.2 Å². The van der Waals surface area contributed by atoms with Crippen molar-refractivity contribution in [3.05, 3.63) is 34.9 Å². The van der Waals surface area contributed by atoms with Gasteiger partial charge in [-0.05, 0) is 44.2 Å². The zero-order valence-electron chi connectivity index (χ0n) is 14.5. The molecule has 2 aliphatic heterocycles. The summed E-state index contributed by atoms with van der Waals surface area (Å²) in [5.41, 5.74) is 1.16. The molecule has 2 amide bonds. The molecule has 8 heteroatoms. The Bertz CT molecular complexity index is 847. The molecule has 4 rings (SSSR count). The highest BCUT2D eigenvalue weighted by Gasteiger charge is 2.46. The summed E-state index contributed by atoms with van der Waals surface area (Å²) in [7, 11) is 0. The van der Waals surface area contributed by atoms with E-state index in [0.29, 0.717) is 17.2 Å². The lowest BCUT2D eigenvalue weighted by Crippen LogP contribution is -2.63. The van der Waals surface area contributed by atoms with Crippen molar-refractivity contribution in [1.82, 2.24) is 20.1 Å². The number of aryl methyl sites for hydroxylation is 1. The topological polar surface area (TPSA) is 71.0 Å². The average molecular weight is 376 g/mol. The fourth-order valence-electron chi connectivity index (χ4n) is 3.93. The van der Waals surface area contributed by atoms with Crippen molar-refractivity contribution >= 4 is 23.3 Å². The van der Waals surface area contributed by atoms with Crippen molar-refractivity contribution < 1.29 is 9.18 Å². The van der Waals surface area contributed by atoms with E-state index in [1.807, 2.05) is 4.90 Å². The van der Waals surface area contributed by atoms with Crippen molar-refractivity contribution in [3.63, 3.8) is 0 Å². The number of urea groups is 1. The molecule has 0 saturated carbocycles. The first-order valence-electron chi connectivity index (χ1n) is 8.67. The van der Waals surface area contributed by atoms with Crippen LogP contribution in [-0.4, -0.2) is 38.2 Å². The molecule has 1 aromatic carbocycles. The third kappa shape index (κ3) is 3.00. The first-order chi connectivity index (χ1) is 12.4. The van der Waals surface area contributed by atoms with Crippen LogP contribution in [0.4, 0.5) is 14.9 Å². The van der Waals surface area contributed by atoms with Crippen molar-refractivity contribution in [2.24, 2.45) is 5.92 Å². The molecule has 2 fully saturated rings. The fraction of sp³-hybridized carbons (Fsp3) is 0.444. The van der Waals surface area contributed by atoms with Crippen LogP contribution in [-0.2, 0) is 0 Å². The van der Waals surface area contributed by atoms with Crippen LogP contribution >= 0.6 is 11.6 Å². The summed E-state index contributed by atoms with van der Waals surface area (Å²) < 4.78 is 14.3. The molecule has 1 aromatic heterocycles. The van der Waals surface area contributed by atoms with Crippen LogP contribution in [0.25, 0.3) is 11.4 Å². The molecule has 0 unspecified atom stereocenters. The number of halogens is 2. The quantitative estimate of drug-likeness (QED) is 0.859. The number of nitrogens with one attached hydrogen (secondary N) is 1. The summed E-state index contributed by atoms with van der Waals surface area (Å²) in [6, 6.07) is 2.86. The molecule has 6 nitrogen and oxygen atoms in total. The van der Waals surface area contributed by atoms with Crippen LogP contribution in [0.1, 0.15) is 31.9 Å². The van der Waals surface area contributed by atoms with Gasteiger partial charge in [0.1, 0.15) is 5.82 Å². The lowest BCUT2D eigenvalue weighted by Gasteiger charge is -2.54. The van der Waals surface area contributed by atoms with Gasteiger partial charge in [0.05, 0.1) is 22.6 Å². The smallest absolute Gasteiger partial charge is 0.318 e. The maximum Gasteiger partial charge on any atom is 0.322 e. The maximum absolute atomic E-state index is 14.3. The molecule has 2 saturated heterocycles. The number of nitrogens with zero attached hydrogens (tertiary/aromatic N) is 4. The van der Waals surface area contributed by atoms with Crippen LogP contribution in [0.2, 0.25) is 5.02 Å². The number of hydrogen-bond acceptors (Lipinski definition) is 4. The van der Waals surface area contributed by atoms with E-state index in [1.165, 1.54) is 6.07 Å². The number of aromatic nitrogens is 3. The number of benzene rings is 1. The second-order valence-corrected chi connectivity index (χ2v) is 7.60. The maximum atomic E-state index is 14.3. The Morgan fingerprint density at radius 3 is 2.65 bits per heavy atom. The minimum atomic E-state index is -0.591. The Balaban J connectivity index is 1.58. The SMILES string of the molecule is Cc1cnc(-c2cc(NC(=O)N3[C@@H]4C[C@@H](C)C[C@H]3C4)c(F)cc2Cl)nn1. The molecular formula is C18H19ClFN5O. The number of carbonyl (C=O) groups is 1. The minimum absolute atomic E-state index is 0.0663. The van der Waals surface area contributed by atoms with E-state index < -0.39 is 5.82 Å². The van der Waals surface area contributed by atoms with Crippen molar-refractivity contribution in [1.29, 1.82) is 0 Å². The second kappa shape index (κ2) is 6.46. The van der Waals surface area contributed by atoms with Crippen LogP contribution in [0.15, 0.2) is 18.3 Å². The molecule has 3 heterocycles. The van der Waals surface area contributed by atoms with Gasteiger partial charge in [-0.15, -0.1) is 5.10 Å². The van der Waals surface area contributed by atoms with Gasteiger partial charge in [-0.2, -0.15) is 5.10 Å². The van der Waals surface area contributed by atoms with E-state index in [2.05, 4.69) is 27.4 Å². The third-order valence-electron chi connectivity index (χ3n) is 5.13. The number of fused-ring (bicyclic) bond motifs is 2. The van der Waals surface area contributed by atoms with Crippen LogP contribution in [0.5, 0.6) is 0 Å². The lowest BCUT2D eigenvalue weighted by molar-refractivity contribution is -0.00603. The normalized spacial score (nSPS) is 24.2.